The summed E-state index contributed by atoms with van der Waals surface area (Å²) < 4.78 is 4.97. The van der Waals surface area contributed by atoms with Crippen LogP contribution in [0.3, 0.4) is 0 Å². The zero-order valence-electron chi connectivity index (χ0n) is 19.2. The van der Waals surface area contributed by atoms with E-state index in [9.17, 15) is 10.2 Å². The predicted molar refractivity (Wildman–Crippen MR) is 124 cm³/mol. The maximum absolute atomic E-state index is 9.83. The third kappa shape index (κ3) is 12.7. The van der Waals surface area contributed by atoms with Gasteiger partial charge in [0.1, 0.15) is 0 Å². The van der Waals surface area contributed by atoms with Crippen LogP contribution in [-0.2, 0) is 6.42 Å². The van der Waals surface area contributed by atoms with E-state index < -0.39 is 0 Å². The summed E-state index contributed by atoms with van der Waals surface area (Å²) in [5.41, 5.74) is 0.974. The Labute approximate surface area is 179 Å². The third-order valence-corrected chi connectivity index (χ3v) is 5.88. The number of methoxy groups -OCH3 is 1. The van der Waals surface area contributed by atoms with Gasteiger partial charge in [-0.25, -0.2) is 0 Å². The van der Waals surface area contributed by atoms with E-state index >= 15 is 0 Å². The maximum atomic E-state index is 9.83. The highest BCUT2D eigenvalue weighted by Gasteiger charge is 2.09. The van der Waals surface area contributed by atoms with Gasteiger partial charge >= 0.3 is 0 Å². The molecule has 0 fully saturated rings. The number of hydrogen-bond donors (Lipinski definition) is 2. The van der Waals surface area contributed by atoms with Gasteiger partial charge in [0.2, 0.25) is 5.75 Å². The standard InChI is InChI=1S/C26H46O3/c1-3-4-5-6-7-8-9-10-11-12-13-14-15-16-17-18-19-20-23-21-24(27)26(29-2)25(28)22-23/h21-22,27-28H,3-20H2,1-2H3. The lowest BCUT2D eigenvalue weighted by Gasteiger charge is -2.09. The molecule has 0 aromatic heterocycles. The minimum atomic E-state index is 0.0227. The zero-order valence-corrected chi connectivity index (χ0v) is 19.2. The number of aromatic hydroxyl groups is 2. The number of benzene rings is 1. The van der Waals surface area contributed by atoms with E-state index in [4.69, 9.17) is 4.74 Å². The number of phenolic OH excluding ortho intramolecular Hbond substituents is 2. The Kier molecular flexibility index (Phi) is 15.5. The summed E-state index contributed by atoms with van der Waals surface area (Å²) in [5.74, 6) is 0.208. The van der Waals surface area contributed by atoms with Crippen molar-refractivity contribution in [3.8, 4) is 17.2 Å². The molecular formula is C26H46O3. The van der Waals surface area contributed by atoms with Crippen molar-refractivity contribution in [2.24, 2.45) is 0 Å². The molecule has 0 aliphatic carbocycles. The maximum Gasteiger partial charge on any atom is 0.202 e. The molecule has 1 rings (SSSR count). The Morgan fingerprint density at radius 1 is 0.586 bits per heavy atom. The van der Waals surface area contributed by atoms with Crippen molar-refractivity contribution in [3.63, 3.8) is 0 Å². The lowest BCUT2D eigenvalue weighted by molar-refractivity contribution is 0.344. The fourth-order valence-corrected chi connectivity index (χ4v) is 4.06. The van der Waals surface area contributed by atoms with Gasteiger partial charge in [-0.05, 0) is 30.5 Å². The molecule has 29 heavy (non-hydrogen) atoms. The smallest absolute Gasteiger partial charge is 0.202 e. The minimum Gasteiger partial charge on any atom is -0.504 e. The Hall–Kier alpha value is -1.38. The second kappa shape index (κ2) is 17.5. The SMILES string of the molecule is CCCCCCCCCCCCCCCCCCCc1cc(O)c(OC)c(O)c1. The lowest BCUT2D eigenvalue weighted by Crippen LogP contribution is -1.90. The van der Waals surface area contributed by atoms with Crippen molar-refractivity contribution >= 4 is 0 Å². The highest BCUT2D eigenvalue weighted by atomic mass is 16.5. The van der Waals surface area contributed by atoms with Gasteiger partial charge in [-0.15, -0.1) is 0 Å². The molecule has 1 aromatic rings. The zero-order chi connectivity index (χ0) is 21.2. The van der Waals surface area contributed by atoms with Crippen LogP contribution in [0.5, 0.6) is 17.2 Å². The van der Waals surface area contributed by atoms with Crippen LogP contribution in [-0.4, -0.2) is 17.3 Å². The number of unbranched alkanes of at least 4 members (excludes halogenated alkanes) is 16. The first-order valence-electron chi connectivity index (χ1n) is 12.3. The second-order valence-electron chi connectivity index (χ2n) is 8.57. The average Bonchev–Trinajstić information content (AvgIpc) is 2.70. The Morgan fingerprint density at radius 2 is 0.931 bits per heavy atom. The molecule has 0 heterocycles. The Bertz CT molecular complexity index is 490. The van der Waals surface area contributed by atoms with E-state index in [0.717, 1.165) is 18.4 Å². The van der Waals surface area contributed by atoms with Gasteiger partial charge in [0.25, 0.3) is 0 Å². The number of hydrogen-bond acceptors (Lipinski definition) is 3. The van der Waals surface area contributed by atoms with Gasteiger partial charge in [-0.2, -0.15) is 0 Å². The average molecular weight is 407 g/mol. The molecule has 2 N–H and O–H groups in total. The summed E-state index contributed by atoms with van der Waals surface area (Å²) in [6, 6.07) is 3.40. The molecule has 0 unspecified atom stereocenters. The molecule has 0 radical (unpaired) electrons. The molecule has 0 atom stereocenters. The number of aryl methyl sites for hydroxylation is 1. The minimum absolute atomic E-state index is 0.0227. The fourth-order valence-electron chi connectivity index (χ4n) is 4.06. The summed E-state index contributed by atoms with van der Waals surface area (Å²) in [4.78, 5) is 0. The van der Waals surface area contributed by atoms with Crippen molar-refractivity contribution in [2.45, 2.75) is 122 Å². The van der Waals surface area contributed by atoms with Crippen LogP contribution in [0, 0.1) is 0 Å². The van der Waals surface area contributed by atoms with Crippen LogP contribution >= 0.6 is 0 Å². The van der Waals surface area contributed by atoms with E-state index in [0.29, 0.717) is 0 Å². The van der Waals surface area contributed by atoms with Crippen LogP contribution in [0.1, 0.15) is 122 Å². The molecule has 3 heteroatoms. The molecule has 1 aromatic carbocycles. The van der Waals surface area contributed by atoms with Crippen molar-refractivity contribution < 1.29 is 14.9 Å². The Morgan fingerprint density at radius 3 is 1.28 bits per heavy atom. The van der Waals surface area contributed by atoms with Gasteiger partial charge in [-0.1, -0.05) is 110 Å². The first kappa shape index (κ1) is 25.7. The van der Waals surface area contributed by atoms with E-state index in [-0.39, 0.29) is 17.2 Å². The summed E-state index contributed by atoms with van der Waals surface area (Å²) in [6.45, 7) is 2.28. The molecule has 0 aliphatic heterocycles. The topological polar surface area (TPSA) is 49.7 Å². The number of ether oxygens (including phenoxy) is 1. The van der Waals surface area contributed by atoms with E-state index in [1.165, 1.54) is 110 Å². The van der Waals surface area contributed by atoms with Crippen LogP contribution in [0.25, 0.3) is 0 Å². The summed E-state index contributed by atoms with van der Waals surface area (Å²) in [6.07, 6.45) is 24.2. The lowest BCUT2D eigenvalue weighted by atomic mass is 10.0. The molecule has 0 aliphatic rings. The van der Waals surface area contributed by atoms with Crippen molar-refractivity contribution in [3.05, 3.63) is 17.7 Å². The van der Waals surface area contributed by atoms with Crippen LogP contribution in [0.2, 0.25) is 0 Å². The van der Waals surface area contributed by atoms with Crippen LogP contribution in [0.4, 0.5) is 0 Å². The molecular weight excluding hydrogens is 360 g/mol. The molecule has 0 amide bonds. The van der Waals surface area contributed by atoms with Gasteiger partial charge in [0.05, 0.1) is 7.11 Å². The number of phenols is 2. The highest BCUT2D eigenvalue weighted by molar-refractivity contribution is 5.52. The van der Waals surface area contributed by atoms with Gasteiger partial charge < -0.3 is 14.9 Å². The highest BCUT2D eigenvalue weighted by Crippen LogP contribution is 2.36. The van der Waals surface area contributed by atoms with E-state index in [2.05, 4.69) is 6.92 Å². The third-order valence-electron chi connectivity index (χ3n) is 5.88. The quantitative estimate of drug-likeness (QED) is 0.227. The van der Waals surface area contributed by atoms with E-state index in [1.807, 2.05) is 0 Å². The summed E-state index contributed by atoms with van der Waals surface area (Å²) >= 11 is 0. The van der Waals surface area contributed by atoms with Crippen molar-refractivity contribution in [1.82, 2.24) is 0 Å². The molecule has 0 bridgehead atoms. The molecule has 0 spiro atoms. The van der Waals surface area contributed by atoms with Gasteiger partial charge in [-0.3, -0.25) is 0 Å². The first-order chi connectivity index (χ1) is 14.2. The fraction of sp³-hybridized carbons (Fsp3) is 0.769. The molecule has 0 saturated heterocycles. The molecule has 3 nitrogen and oxygen atoms in total. The van der Waals surface area contributed by atoms with Crippen molar-refractivity contribution in [2.75, 3.05) is 7.11 Å². The Balaban J connectivity index is 1.86. The monoisotopic (exact) mass is 406 g/mol. The van der Waals surface area contributed by atoms with Gasteiger partial charge in [0, 0.05) is 0 Å². The second-order valence-corrected chi connectivity index (χ2v) is 8.57. The summed E-state index contributed by atoms with van der Waals surface area (Å²) in [7, 11) is 1.45. The predicted octanol–water partition coefficient (Wildman–Crippen LogP) is 8.30. The van der Waals surface area contributed by atoms with Crippen LogP contribution in [0.15, 0.2) is 12.1 Å². The van der Waals surface area contributed by atoms with Crippen LogP contribution < -0.4 is 4.74 Å². The van der Waals surface area contributed by atoms with Gasteiger partial charge in [0.15, 0.2) is 11.5 Å². The molecule has 168 valence electrons. The normalized spacial score (nSPS) is 11.1. The molecule has 0 saturated carbocycles. The summed E-state index contributed by atoms with van der Waals surface area (Å²) in [5, 5.41) is 19.7. The first-order valence-corrected chi connectivity index (χ1v) is 12.3. The van der Waals surface area contributed by atoms with Crippen molar-refractivity contribution in [1.29, 1.82) is 0 Å². The van der Waals surface area contributed by atoms with E-state index in [1.54, 1.807) is 12.1 Å². The number of rotatable bonds is 19. The largest absolute Gasteiger partial charge is 0.504 e.